The Morgan fingerprint density at radius 3 is 2.79 bits per heavy atom. The van der Waals surface area contributed by atoms with Crippen molar-refractivity contribution >= 4 is 26.6 Å². The first kappa shape index (κ1) is 26.0. The number of para-hydroxylation sites is 1. The number of β-amino-alcohol motifs (C(OH)–C–C–N with tert-alkyl or cyclic N) is 1. The molecule has 2 saturated heterocycles. The Bertz CT molecular complexity index is 1600. The molecule has 2 aromatic carbocycles. The Morgan fingerprint density at radius 2 is 2.03 bits per heavy atom. The average molecular weight is 554 g/mol. The molecule has 6 rings (SSSR count). The third-order valence-electron chi connectivity index (χ3n) is 7.78. The zero-order chi connectivity index (χ0) is 27.1. The van der Waals surface area contributed by atoms with Crippen LogP contribution in [0, 0.1) is 5.82 Å². The van der Waals surface area contributed by atoms with Crippen LogP contribution in [0.2, 0.25) is 0 Å². The number of imidazole rings is 1. The second kappa shape index (κ2) is 10.4. The van der Waals surface area contributed by atoms with Gasteiger partial charge in [0.25, 0.3) is 0 Å². The zero-order valence-corrected chi connectivity index (χ0v) is 22.6. The van der Waals surface area contributed by atoms with Crippen molar-refractivity contribution in [3.63, 3.8) is 0 Å². The molecule has 4 aromatic rings. The molecule has 9 nitrogen and oxygen atoms in total. The fourth-order valence-corrected chi connectivity index (χ4v) is 7.51. The van der Waals surface area contributed by atoms with Crippen LogP contribution in [0.3, 0.4) is 0 Å². The van der Waals surface area contributed by atoms with Gasteiger partial charge in [0.15, 0.2) is 5.82 Å². The van der Waals surface area contributed by atoms with E-state index < -0.39 is 28.0 Å². The van der Waals surface area contributed by atoms with E-state index in [4.69, 9.17) is 4.74 Å². The number of benzene rings is 2. The van der Waals surface area contributed by atoms with Crippen molar-refractivity contribution in [2.24, 2.45) is 0 Å². The van der Waals surface area contributed by atoms with Gasteiger partial charge in [0.05, 0.1) is 29.3 Å². The Kier molecular flexibility index (Phi) is 6.92. The first-order chi connectivity index (χ1) is 18.9. The van der Waals surface area contributed by atoms with Crippen LogP contribution in [0.1, 0.15) is 31.1 Å². The molecule has 2 N–H and O–H groups in total. The lowest BCUT2D eigenvalue weighted by atomic mass is 10.1. The highest BCUT2D eigenvalue weighted by Crippen LogP contribution is 2.41. The SMILES string of the molecule is COCCn1ccnc1[C@@H]1CCCN1S(=O)(=O)c1ccc(N2CC[C@H](O)C2)c(-c2[nH]c3ccccc3c2F)c1. The monoisotopic (exact) mass is 553 g/mol. The van der Waals surface area contributed by atoms with Gasteiger partial charge in [-0.2, -0.15) is 4.31 Å². The van der Waals surface area contributed by atoms with Crippen molar-refractivity contribution in [3.05, 3.63) is 66.5 Å². The summed E-state index contributed by atoms with van der Waals surface area (Å²) in [5, 5.41) is 10.6. The smallest absolute Gasteiger partial charge is 0.243 e. The summed E-state index contributed by atoms with van der Waals surface area (Å²) in [4.78, 5) is 9.74. The van der Waals surface area contributed by atoms with E-state index in [9.17, 15) is 13.5 Å². The van der Waals surface area contributed by atoms with Gasteiger partial charge in [-0.05, 0) is 49.6 Å². The number of sulfonamides is 1. The topological polar surface area (TPSA) is 104 Å². The number of nitrogens with one attached hydrogen (secondary N) is 1. The number of aliphatic hydroxyl groups excluding tert-OH is 1. The van der Waals surface area contributed by atoms with Crippen molar-refractivity contribution < 1.29 is 22.7 Å². The van der Waals surface area contributed by atoms with E-state index >= 15 is 4.39 Å². The third kappa shape index (κ3) is 4.63. The summed E-state index contributed by atoms with van der Waals surface area (Å²) in [7, 11) is -2.30. The molecule has 0 bridgehead atoms. The minimum Gasteiger partial charge on any atom is -0.391 e. The van der Waals surface area contributed by atoms with Crippen LogP contribution >= 0.6 is 0 Å². The first-order valence-electron chi connectivity index (χ1n) is 13.2. The number of anilines is 1. The molecule has 2 aromatic heterocycles. The van der Waals surface area contributed by atoms with Crippen LogP contribution < -0.4 is 4.90 Å². The number of ether oxygens (including phenoxy) is 1. The van der Waals surface area contributed by atoms with E-state index in [2.05, 4.69) is 9.97 Å². The highest BCUT2D eigenvalue weighted by Gasteiger charge is 2.39. The number of aliphatic hydroxyl groups is 1. The maximum atomic E-state index is 15.7. The standard InChI is InChI=1S/C28H32FN5O4S/c1-38-16-15-32-14-11-30-28(32)25-7-4-12-34(25)39(36,37)20-8-9-24(33-13-10-19(35)18-33)22(17-20)27-26(29)21-5-2-3-6-23(21)31-27/h2-3,5-6,8-9,11,14,17,19,25,31,35H,4,7,10,12-13,15-16,18H2,1H3/t19-,25-/m0/s1. The lowest BCUT2D eigenvalue weighted by Crippen LogP contribution is -2.32. The largest absolute Gasteiger partial charge is 0.391 e. The first-order valence-corrected chi connectivity index (χ1v) is 14.7. The number of hydrogen-bond donors (Lipinski definition) is 2. The second-order valence-corrected chi connectivity index (χ2v) is 12.1. The normalized spacial score (nSPS) is 20.4. The molecule has 0 radical (unpaired) electrons. The van der Waals surface area contributed by atoms with Gasteiger partial charge in [0.2, 0.25) is 10.0 Å². The van der Waals surface area contributed by atoms with Crippen LogP contribution in [-0.4, -0.2) is 71.8 Å². The lowest BCUT2D eigenvalue weighted by Gasteiger charge is -2.26. The quantitative estimate of drug-likeness (QED) is 0.343. The number of methoxy groups -OCH3 is 1. The number of nitrogens with zero attached hydrogens (tertiary/aromatic N) is 4. The molecule has 0 aliphatic carbocycles. The highest BCUT2D eigenvalue weighted by molar-refractivity contribution is 7.89. The average Bonchev–Trinajstić information content (AvgIpc) is 3.74. The molecule has 206 valence electrons. The molecule has 2 aliphatic heterocycles. The minimum atomic E-state index is -3.93. The van der Waals surface area contributed by atoms with Crippen molar-refractivity contribution in [2.75, 3.05) is 38.3 Å². The lowest BCUT2D eigenvalue weighted by molar-refractivity contribution is 0.185. The van der Waals surface area contributed by atoms with E-state index in [0.717, 1.165) is 0 Å². The zero-order valence-electron chi connectivity index (χ0n) is 21.8. The molecule has 0 unspecified atom stereocenters. The summed E-state index contributed by atoms with van der Waals surface area (Å²) < 4.78 is 52.6. The number of halogens is 1. The fraction of sp³-hybridized carbons (Fsp3) is 0.393. The van der Waals surface area contributed by atoms with Gasteiger partial charge in [0, 0.05) is 67.8 Å². The number of H-pyrrole nitrogens is 1. The Balaban J connectivity index is 1.43. The van der Waals surface area contributed by atoms with Gasteiger partial charge >= 0.3 is 0 Å². The van der Waals surface area contributed by atoms with Crippen molar-refractivity contribution in [3.8, 4) is 11.3 Å². The van der Waals surface area contributed by atoms with Gasteiger partial charge in [-0.25, -0.2) is 17.8 Å². The molecule has 0 saturated carbocycles. The van der Waals surface area contributed by atoms with Crippen LogP contribution in [0.5, 0.6) is 0 Å². The summed E-state index contributed by atoms with van der Waals surface area (Å²) in [6.07, 6.45) is 5.02. The Morgan fingerprint density at radius 1 is 1.18 bits per heavy atom. The summed E-state index contributed by atoms with van der Waals surface area (Å²) in [5.41, 5.74) is 2.01. The van der Waals surface area contributed by atoms with Gasteiger partial charge in [-0.15, -0.1) is 0 Å². The molecule has 2 aliphatic rings. The Labute approximate surface area is 226 Å². The molecule has 4 heterocycles. The van der Waals surface area contributed by atoms with E-state index in [1.165, 1.54) is 4.31 Å². The maximum absolute atomic E-state index is 15.7. The molecule has 11 heteroatoms. The minimum absolute atomic E-state index is 0.0981. The molecular weight excluding hydrogens is 521 g/mol. The Hall–Kier alpha value is -3.25. The molecule has 2 fully saturated rings. The predicted molar refractivity (Wildman–Crippen MR) is 146 cm³/mol. The number of rotatable bonds is 8. The molecule has 39 heavy (non-hydrogen) atoms. The summed E-state index contributed by atoms with van der Waals surface area (Å²) in [6, 6.07) is 11.6. The number of hydrogen-bond acceptors (Lipinski definition) is 6. The second-order valence-electron chi connectivity index (χ2n) is 10.2. The van der Waals surface area contributed by atoms with Crippen LogP contribution in [-0.2, 0) is 21.3 Å². The van der Waals surface area contributed by atoms with Gasteiger partial charge in [-0.3, -0.25) is 0 Å². The van der Waals surface area contributed by atoms with Gasteiger partial charge in [0.1, 0.15) is 5.82 Å². The molecular formula is C28H32FN5O4S. The maximum Gasteiger partial charge on any atom is 0.243 e. The van der Waals surface area contributed by atoms with Crippen molar-refractivity contribution in [1.82, 2.24) is 18.8 Å². The summed E-state index contributed by atoms with van der Waals surface area (Å²) in [5.74, 6) is 0.262. The number of aromatic nitrogens is 3. The van der Waals surface area contributed by atoms with E-state index in [1.54, 1.807) is 49.7 Å². The van der Waals surface area contributed by atoms with Gasteiger partial charge in [-0.1, -0.05) is 12.1 Å². The molecule has 2 atom stereocenters. The van der Waals surface area contributed by atoms with Gasteiger partial charge < -0.3 is 24.3 Å². The van der Waals surface area contributed by atoms with E-state index in [-0.39, 0.29) is 10.6 Å². The van der Waals surface area contributed by atoms with Crippen LogP contribution in [0.4, 0.5) is 10.1 Å². The van der Waals surface area contributed by atoms with E-state index in [0.29, 0.717) is 80.0 Å². The highest BCUT2D eigenvalue weighted by atomic mass is 32.2. The third-order valence-corrected chi connectivity index (χ3v) is 9.68. The van der Waals surface area contributed by atoms with Crippen molar-refractivity contribution in [2.45, 2.75) is 42.8 Å². The summed E-state index contributed by atoms with van der Waals surface area (Å²) in [6.45, 7) is 2.45. The molecule has 0 spiro atoms. The van der Waals surface area contributed by atoms with Crippen LogP contribution in [0.25, 0.3) is 22.2 Å². The number of fused-ring (bicyclic) bond motifs is 1. The van der Waals surface area contributed by atoms with E-state index in [1.807, 2.05) is 21.7 Å². The predicted octanol–water partition coefficient (Wildman–Crippen LogP) is 3.91. The molecule has 0 amide bonds. The van der Waals surface area contributed by atoms with Crippen molar-refractivity contribution in [1.29, 1.82) is 0 Å². The number of aromatic amines is 1. The van der Waals surface area contributed by atoms with Crippen LogP contribution in [0.15, 0.2) is 59.8 Å². The summed E-state index contributed by atoms with van der Waals surface area (Å²) >= 11 is 0. The fourth-order valence-electron chi connectivity index (χ4n) is 5.82.